The fraction of sp³-hybridized carbons (Fsp3) is 0.167. The highest BCUT2D eigenvalue weighted by molar-refractivity contribution is 6.34. The molecule has 0 unspecified atom stereocenters. The Hall–Kier alpha value is -4.01. The third-order valence-corrected chi connectivity index (χ3v) is 5.41. The molecule has 0 aliphatic heterocycles. The van der Waals surface area contributed by atoms with Crippen LogP contribution in [0.15, 0.2) is 66.7 Å². The summed E-state index contributed by atoms with van der Waals surface area (Å²) < 4.78 is 136. The van der Waals surface area contributed by atoms with E-state index in [4.69, 9.17) is 11.6 Å². The predicted octanol–water partition coefficient (Wildman–Crippen LogP) is 8.03. The monoisotopic (exact) mass is 602 g/mol. The topological polar surface area (TPSA) is 67.4 Å². The maximum absolute atomic E-state index is 14.5. The highest BCUT2D eigenvalue weighted by atomic mass is 35.5. The molecular weight excluding hydrogens is 590 g/mol. The van der Waals surface area contributed by atoms with Gasteiger partial charge in [0.1, 0.15) is 5.69 Å². The minimum atomic E-state index is -6.67. The first-order chi connectivity index (χ1) is 18.3. The van der Waals surface area contributed by atoms with E-state index in [9.17, 15) is 53.5 Å². The first kappa shape index (κ1) is 30.5. The van der Waals surface area contributed by atoms with Gasteiger partial charge in [-0.25, -0.2) is 4.39 Å². The highest BCUT2D eigenvalue weighted by Gasteiger charge is 2.73. The molecule has 0 saturated heterocycles. The number of benzene rings is 3. The van der Waals surface area contributed by atoms with Crippen molar-refractivity contribution in [1.82, 2.24) is 0 Å². The summed E-state index contributed by atoms with van der Waals surface area (Å²) in [6, 6.07) is 11.7. The summed E-state index contributed by atoms with van der Waals surface area (Å²) in [4.78, 5) is 25.1. The minimum Gasteiger partial charge on any atom is -0.403 e. The van der Waals surface area contributed by atoms with Crippen molar-refractivity contribution in [2.45, 2.75) is 24.4 Å². The number of hydrogen-bond acceptors (Lipinski definition) is 3. The van der Waals surface area contributed by atoms with Gasteiger partial charge in [-0.3, -0.25) is 9.59 Å². The zero-order chi connectivity index (χ0) is 30.1. The number of nitrogens with one attached hydrogen (secondary N) is 2. The van der Waals surface area contributed by atoms with Crippen LogP contribution in [0.4, 0.5) is 55.3 Å². The molecule has 5 nitrogen and oxygen atoms in total. The maximum Gasteiger partial charge on any atom is 0.573 e. The van der Waals surface area contributed by atoms with Crippen molar-refractivity contribution in [3.8, 4) is 5.75 Å². The Bertz CT molecular complexity index is 1390. The van der Waals surface area contributed by atoms with Crippen LogP contribution < -0.4 is 15.4 Å². The van der Waals surface area contributed by atoms with E-state index in [1.165, 1.54) is 24.3 Å². The molecule has 0 atom stereocenters. The van der Waals surface area contributed by atoms with Crippen molar-refractivity contribution in [3.05, 3.63) is 88.4 Å². The highest BCUT2D eigenvalue weighted by Crippen LogP contribution is 2.55. The van der Waals surface area contributed by atoms with Crippen LogP contribution in [0.3, 0.4) is 0 Å². The number of hydrogen-bond donors (Lipinski definition) is 2. The van der Waals surface area contributed by atoms with E-state index in [0.717, 1.165) is 12.1 Å². The molecule has 3 rings (SSSR count). The Morgan fingerprint density at radius 1 is 0.675 bits per heavy atom. The average Bonchev–Trinajstić information content (AvgIpc) is 2.83. The summed E-state index contributed by atoms with van der Waals surface area (Å²) in [7, 11) is 0. The van der Waals surface area contributed by atoms with Gasteiger partial charge < -0.3 is 15.4 Å². The van der Waals surface area contributed by atoms with Crippen LogP contribution >= 0.6 is 11.6 Å². The zero-order valence-electron chi connectivity index (χ0n) is 19.2. The van der Waals surface area contributed by atoms with Crippen LogP contribution in [0.1, 0.15) is 26.3 Å². The van der Waals surface area contributed by atoms with Crippen molar-refractivity contribution < 1.29 is 58.2 Å². The number of carbonyl (C=O) groups excluding carboxylic acids is 2. The summed E-state index contributed by atoms with van der Waals surface area (Å²) in [5.41, 5.74) is -9.79. The summed E-state index contributed by atoms with van der Waals surface area (Å²) in [5.74, 6) is -3.72. The number of ether oxygens (including phenoxy) is 1. The fourth-order valence-electron chi connectivity index (χ4n) is 3.31. The summed E-state index contributed by atoms with van der Waals surface area (Å²) in [6.45, 7) is 0. The van der Waals surface area contributed by atoms with E-state index in [0.29, 0.717) is 0 Å². The van der Waals surface area contributed by atoms with Crippen LogP contribution in [-0.2, 0) is 5.67 Å². The van der Waals surface area contributed by atoms with Crippen LogP contribution in [0.2, 0.25) is 5.02 Å². The molecule has 0 fully saturated rings. The van der Waals surface area contributed by atoms with Gasteiger partial charge in [-0.1, -0.05) is 35.9 Å². The number of halogens is 11. The minimum absolute atomic E-state index is 0.0345. The van der Waals surface area contributed by atoms with Gasteiger partial charge in [0.15, 0.2) is 5.75 Å². The first-order valence-electron chi connectivity index (χ1n) is 10.5. The molecule has 3 aromatic carbocycles. The normalized spacial score (nSPS) is 12.6. The van der Waals surface area contributed by atoms with E-state index >= 15 is 0 Å². The molecule has 0 bridgehead atoms. The van der Waals surface area contributed by atoms with Crippen molar-refractivity contribution >= 4 is 34.8 Å². The Morgan fingerprint density at radius 3 is 1.77 bits per heavy atom. The third-order valence-electron chi connectivity index (χ3n) is 5.12. The Labute approximate surface area is 222 Å². The Kier molecular flexibility index (Phi) is 8.29. The second kappa shape index (κ2) is 10.9. The van der Waals surface area contributed by atoms with Gasteiger partial charge in [0, 0.05) is 22.4 Å². The number of alkyl halides is 10. The molecular formula is C24H13ClF10N2O3. The van der Waals surface area contributed by atoms with Gasteiger partial charge in [0.25, 0.3) is 11.8 Å². The van der Waals surface area contributed by atoms with E-state index < -0.39 is 64.3 Å². The second-order valence-electron chi connectivity index (χ2n) is 7.89. The van der Waals surface area contributed by atoms with E-state index in [-0.39, 0.29) is 22.9 Å². The average molecular weight is 603 g/mol. The van der Waals surface area contributed by atoms with Gasteiger partial charge in [-0.2, -0.15) is 26.3 Å². The molecule has 0 heterocycles. The van der Waals surface area contributed by atoms with Gasteiger partial charge in [-0.05, 0) is 42.5 Å². The second-order valence-corrected chi connectivity index (χ2v) is 8.30. The lowest BCUT2D eigenvalue weighted by Crippen LogP contribution is -2.50. The molecule has 214 valence electrons. The zero-order valence-corrected chi connectivity index (χ0v) is 20.0. The number of amides is 2. The molecule has 3 aromatic rings. The summed E-state index contributed by atoms with van der Waals surface area (Å²) in [5, 5.41) is 2.90. The van der Waals surface area contributed by atoms with Crippen molar-refractivity contribution in [2.24, 2.45) is 0 Å². The first-order valence-corrected chi connectivity index (χ1v) is 10.9. The Morgan fingerprint density at radius 2 is 1.23 bits per heavy atom. The number of rotatable bonds is 6. The smallest absolute Gasteiger partial charge is 0.403 e. The number of carbonyl (C=O) groups is 2. The van der Waals surface area contributed by atoms with Gasteiger partial charge in [0.2, 0.25) is 0 Å². The SMILES string of the molecule is O=C(Nc1cccc(C(=O)Nc2c(Cl)cc(C(F)(C(F)(F)F)C(F)(F)F)cc2OC(F)(F)F)c1)c1ccccc1. The summed E-state index contributed by atoms with van der Waals surface area (Å²) in [6.07, 6.45) is -19.0. The molecule has 0 aliphatic carbocycles. The van der Waals surface area contributed by atoms with Gasteiger partial charge >= 0.3 is 24.4 Å². The van der Waals surface area contributed by atoms with Gasteiger partial charge in [-0.15, -0.1) is 13.2 Å². The summed E-state index contributed by atoms with van der Waals surface area (Å²) >= 11 is 5.65. The largest absolute Gasteiger partial charge is 0.573 e. The van der Waals surface area contributed by atoms with E-state index in [1.807, 2.05) is 0 Å². The van der Waals surface area contributed by atoms with Crippen molar-refractivity contribution in [3.63, 3.8) is 0 Å². The molecule has 0 spiro atoms. The van der Waals surface area contributed by atoms with Crippen molar-refractivity contribution in [2.75, 3.05) is 10.6 Å². The molecule has 0 aromatic heterocycles. The van der Waals surface area contributed by atoms with Crippen LogP contribution in [-0.4, -0.2) is 30.5 Å². The van der Waals surface area contributed by atoms with E-state index in [2.05, 4.69) is 10.1 Å². The van der Waals surface area contributed by atoms with Crippen molar-refractivity contribution in [1.29, 1.82) is 0 Å². The lowest BCUT2D eigenvalue weighted by Gasteiger charge is -2.31. The molecule has 40 heavy (non-hydrogen) atoms. The quantitative estimate of drug-likeness (QED) is 0.281. The van der Waals surface area contributed by atoms with Gasteiger partial charge in [0.05, 0.1) is 5.02 Å². The molecule has 2 amide bonds. The third kappa shape index (κ3) is 6.58. The predicted molar refractivity (Wildman–Crippen MR) is 122 cm³/mol. The Balaban J connectivity index is 2.00. The van der Waals surface area contributed by atoms with Crippen LogP contribution in [0, 0.1) is 0 Å². The van der Waals surface area contributed by atoms with Crippen LogP contribution in [0.5, 0.6) is 5.75 Å². The number of anilines is 2. The molecule has 0 aliphatic rings. The standard InChI is InChI=1S/C24H13ClF10N2O3/c25-16-10-14(21(26,22(27,28)29)23(30,31)32)11-17(40-24(33,34)35)18(16)37-20(39)13-7-4-8-15(9-13)36-19(38)12-5-2-1-3-6-12/h1-11H,(H,36,38)(H,37,39). The maximum atomic E-state index is 14.5. The lowest BCUT2D eigenvalue weighted by molar-refractivity contribution is -0.348. The van der Waals surface area contributed by atoms with E-state index in [1.54, 1.807) is 23.5 Å². The molecule has 2 N–H and O–H groups in total. The molecule has 0 saturated carbocycles. The molecule has 16 heteroatoms. The fourth-order valence-corrected chi connectivity index (χ4v) is 3.57. The van der Waals surface area contributed by atoms with Crippen LogP contribution in [0.25, 0.3) is 0 Å². The molecule has 0 radical (unpaired) electrons. The lowest BCUT2D eigenvalue weighted by atomic mass is 9.93.